The van der Waals surface area contributed by atoms with Crippen molar-refractivity contribution in [1.82, 2.24) is 15.5 Å². The van der Waals surface area contributed by atoms with Crippen LogP contribution >= 0.6 is 24.0 Å². The molecular formula is C20H41IN4O3. The van der Waals surface area contributed by atoms with Crippen LogP contribution in [0.1, 0.15) is 47.5 Å². The highest BCUT2D eigenvalue weighted by Gasteiger charge is 2.33. The molecule has 0 aliphatic carbocycles. The van der Waals surface area contributed by atoms with Crippen LogP contribution in [0.5, 0.6) is 0 Å². The molecule has 166 valence electrons. The molecule has 28 heavy (non-hydrogen) atoms. The lowest BCUT2D eigenvalue weighted by Gasteiger charge is -2.44. The Hall–Kier alpha value is -0.160. The smallest absolute Gasteiger partial charge is 0.191 e. The highest BCUT2D eigenvalue weighted by molar-refractivity contribution is 14.0. The Bertz CT molecular complexity index is 449. The lowest BCUT2D eigenvalue weighted by Crippen LogP contribution is -2.56. The summed E-state index contributed by atoms with van der Waals surface area (Å²) in [5.74, 6) is 0.879. The number of rotatable bonds is 9. The van der Waals surface area contributed by atoms with Gasteiger partial charge in [-0.3, -0.25) is 9.89 Å². The second-order valence-corrected chi connectivity index (χ2v) is 8.31. The number of nitrogens with zero attached hydrogens (tertiary/aromatic N) is 2. The minimum absolute atomic E-state index is 0. The van der Waals surface area contributed by atoms with E-state index in [0.717, 1.165) is 71.3 Å². The Morgan fingerprint density at radius 2 is 1.93 bits per heavy atom. The van der Waals surface area contributed by atoms with Crippen molar-refractivity contribution in [3.05, 3.63) is 0 Å². The summed E-state index contributed by atoms with van der Waals surface area (Å²) in [6, 6.07) is 0. The second-order valence-electron chi connectivity index (χ2n) is 8.31. The van der Waals surface area contributed by atoms with Crippen LogP contribution in [-0.4, -0.2) is 87.3 Å². The van der Waals surface area contributed by atoms with E-state index in [1.807, 2.05) is 0 Å². The maximum atomic E-state index is 5.87. The molecule has 8 heteroatoms. The number of nitrogens with one attached hydrogen (secondary N) is 2. The van der Waals surface area contributed by atoms with Crippen LogP contribution in [0.25, 0.3) is 0 Å². The molecule has 2 heterocycles. The van der Waals surface area contributed by atoms with Crippen molar-refractivity contribution < 1.29 is 14.2 Å². The molecule has 2 aliphatic rings. The zero-order valence-corrected chi connectivity index (χ0v) is 20.7. The Balaban J connectivity index is 0.00000392. The Labute approximate surface area is 188 Å². The summed E-state index contributed by atoms with van der Waals surface area (Å²) < 4.78 is 17.0. The van der Waals surface area contributed by atoms with Crippen molar-refractivity contribution in [2.45, 2.75) is 71.3 Å². The third kappa shape index (κ3) is 9.11. The molecule has 2 rings (SSSR count). The predicted octanol–water partition coefficient (Wildman–Crippen LogP) is 2.24. The van der Waals surface area contributed by atoms with Gasteiger partial charge in [-0.25, -0.2) is 0 Å². The topological polar surface area (TPSA) is 67.4 Å². The molecule has 0 spiro atoms. The van der Waals surface area contributed by atoms with Crippen molar-refractivity contribution in [3.63, 3.8) is 0 Å². The van der Waals surface area contributed by atoms with Crippen molar-refractivity contribution in [3.8, 4) is 0 Å². The van der Waals surface area contributed by atoms with Gasteiger partial charge in [0, 0.05) is 44.9 Å². The van der Waals surface area contributed by atoms with E-state index in [1.165, 1.54) is 0 Å². The minimum Gasteiger partial charge on any atom is -0.379 e. The van der Waals surface area contributed by atoms with Crippen molar-refractivity contribution in [1.29, 1.82) is 0 Å². The Morgan fingerprint density at radius 3 is 2.54 bits per heavy atom. The lowest BCUT2D eigenvalue weighted by atomic mass is 10.0. The zero-order chi connectivity index (χ0) is 19.7. The van der Waals surface area contributed by atoms with E-state index in [4.69, 9.17) is 19.2 Å². The summed E-state index contributed by atoms with van der Waals surface area (Å²) in [6.45, 7) is 17.6. The van der Waals surface area contributed by atoms with Gasteiger partial charge in [0.1, 0.15) is 0 Å². The van der Waals surface area contributed by atoms with Crippen LogP contribution in [0.2, 0.25) is 0 Å². The maximum absolute atomic E-state index is 5.87. The zero-order valence-electron chi connectivity index (χ0n) is 18.3. The first-order chi connectivity index (χ1) is 12.9. The molecule has 0 bridgehead atoms. The molecule has 2 N–H and O–H groups in total. The summed E-state index contributed by atoms with van der Waals surface area (Å²) in [5.41, 5.74) is 0.000234. The van der Waals surface area contributed by atoms with Gasteiger partial charge in [-0.05, 0) is 47.5 Å². The van der Waals surface area contributed by atoms with Crippen LogP contribution in [0, 0.1) is 0 Å². The third-order valence-corrected chi connectivity index (χ3v) is 5.10. The Morgan fingerprint density at radius 1 is 1.21 bits per heavy atom. The Kier molecular flexibility index (Phi) is 12.2. The normalized spacial score (nSPS) is 26.8. The van der Waals surface area contributed by atoms with Crippen LogP contribution in [0.4, 0.5) is 0 Å². The number of hydrogen-bond acceptors (Lipinski definition) is 5. The van der Waals surface area contributed by atoms with Gasteiger partial charge in [0.15, 0.2) is 5.96 Å². The summed E-state index contributed by atoms with van der Waals surface area (Å²) in [7, 11) is 0. The maximum Gasteiger partial charge on any atom is 0.191 e. The van der Waals surface area contributed by atoms with Gasteiger partial charge in [-0.2, -0.15) is 0 Å². The summed E-state index contributed by atoms with van der Waals surface area (Å²) in [6.07, 6.45) is 2.81. The number of aliphatic imine (C=N–C) groups is 1. The van der Waals surface area contributed by atoms with Gasteiger partial charge in [0.25, 0.3) is 0 Å². The largest absolute Gasteiger partial charge is 0.379 e. The molecule has 0 saturated carbocycles. The van der Waals surface area contributed by atoms with E-state index in [-0.39, 0.29) is 47.8 Å². The van der Waals surface area contributed by atoms with Gasteiger partial charge in [0.05, 0.1) is 31.5 Å². The second kappa shape index (κ2) is 13.2. The average Bonchev–Trinajstić information content (AvgIpc) is 3.12. The number of ether oxygens (including phenoxy) is 3. The SMILES string of the molecule is CCNC(=NCC(C)(C)N1CC(C)OC(C)C1)NCCCOC1CCOC1.I. The van der Waals surface area contributed by atoms with Crippen LogP contribution in [0.15, 0.2) is 4.99 Å². The van der Waals surface area contributed by atoms with Gasteiger partial charge >= 0.3 is 0 Å². The van der Waals surface area contributed by atoms with Crippen molar-refractivity contribution in [2.75, 3.05) is 52.5 Å². The molecule has 2 fully saturated rings. The summed E-state index contributed by atoms with van der Waals surface area (Å²) in [4.78, 5) is 7.33. The van der Waals surface area contributed by atoms with Gasteiger partial charge in [0.2, 0.25) is 0 Å². The van der Waals surface area contributed by atoms with Gasteiger partial charge in [-0.15, -0.1) is 24.0 Å². The van der Waals surface area contributed by atoms with Crippen molar-refractivity contribution >= 4 is 29.9 Å². The predicted molar refractivity (Wildman–Crippen MR) is 125 cm³/mol. The number of morpholine rings is 1. The quantitative estimate of drug-likeness (QED) is 0.214. The molecule has 2 aliphatic heterocycles. The first kappa shape index (κ1) is 25.9. The van der Waals surface area contributed by atoms with Crippen LogP contribution < -0.4 is 10.6 Å². The van der Waals surface area contributed by atoms with E-state index in [1.54, 1.807) is 0 Å². The monoisotopic (exact) mass is 512 g/mol. The standard InChI is InChI=1S/C20H40N4O3.HI/c1-6-21-19(22-9-7-10-26-18-8-11-25-14-18)23-15-20(4,5)24-12-16(2)27-17(3)13-24;/h16-18H,6-15H2,1-5H3,(H2,21,22,23);1H. The fourth-order valence-corrected chi connectivity index (χ4v) is 3.56. The fourth-order valence-electron chi connectivity index (χ4n) is 3.56. The molecule has 3 atom stereocenters. The molecule has 7 nitrogen and oxygen atoms in total. The van der Waals surface area contributed by atoms with E-state index in [2.05, 4.69) is 50.2 Å². The third-order valence-electron chi connectivity index (χ3n) is 5.10. The number of halogens is 1. The molecule has 0 aromatic carbocycles. The van der Waals surface area contributed by atoms with E-state index in [9.17, 15) is 0 Å². The molecule has 0 aromatic heterocycles. The first-order valence-electron chi connectivity index (χ1n) is 10.5. The molecule has 3 unspecified atom stereocenters. The van der Waals surface area contributed by atoms with Crippen LogP contribution in [-0.2, 0) is 14.2 Å². The average molecular weight is 512 g/mol. The fraction of sp³-hybridized carbons (Fsp3) is 0.950. The van der Waals surface area contributed by atoms with E-state index in [0.29, 0.717) is 0 Å². The van der Waals surface area contributed by atoms with E-state index < -0.39 is 0 Å². The van der Waals surface area contributed by atoms with Gasteiger partial charge in [-0.1, -0.05) is 0 Å². The van der Waals surface area contributed by atoms with Crippen molar-refractivity contribution in [2.24, 2.45) is 4.99 Å². The highest BCUT2D eigenvalue weighted by Crippen LogP contribution is 2.21. The number of hydrogen-bond donors (Lipinski definition) is 2. The summed E-state index contributed by atoms with van der Waals surface area (Å²) in [5, 5.41) is 6.77. The van der Waals surface area contributed by atoms with Crippen LogP contribution in [0.3, 0.4) is 0 Å². The molecule has 0 radical (unpaired) electrons. The summed E-state index contributed by atoms with van der Waals surface area (Å²) >= 11 is 0. The van der Waals surface area contributed by atoms with E-state index >= 15 is 0 Å². The molecule has 2 saturated heterocycles. The first-order valence-corrected chi connectivity index (χ1v) is 10.5. The lowest BCUT2D eigenvalue weighted by molar-refractivity contribution is -0.0939. The highest BCUT2D eigenvalue weighted by atomic mass is 127. The van der Waals surface area contributed by atoms with Gasteiger partial charge < -0.3 is 24.8 Å². The minimum atomic E-state index is 0. The molecular weight excluding hydrogens is 471 g/mol. The molecule has 0 amide bonds. The number of guanidine groups is 1. The molecule has 0 aromatic rings.